The van der Waals surface area contributed by atoms with E-state index in [4.69, 9.17) is 9.47 Å². The summed E-state index contributed by atoms with van der Waals surface area (Å²) in [6, 6.07) is 18.1. The molecule has 23 heavy (non-hydrogen) atoms. The summed E-state index contributed by atoms with van der Waals surface area (Å²) in [4.78, 5) is 25.1. The van der Waals surface area contributed by atoms with Crippen LogP contribution >= 0.6 is 0 Å². The van der Waals surface area contributed by atoms with Gasteiger partial charge in [-0.25, -0.2) is 4.79 Å². The first-order valence-electron chi connectivity index (χ1n) is 7.29. The van der Waals surface area contributed by atoms with Crippen molar-refractivity contribution in [3.63, 3.8) is 0 Å². The molecule has 1 atom stereocenters. The molecule has 4 nitrogen and oxygen atoms in total. The lowest BCUT2D eigenvalue weighted by atomic mass is 9.96. The van der Waals surface area contributed by atoms with E-state index >= 15 is 0 Å². The number of carbonyl (C=O) groups excluding carboxylic acids is 2. The predicted octanol–water partition coefficient (Wildman–Crippen LogP) is 3.44. The van der Waals surface area contributed by atoms with E-state index < -0.39 is 11.8 Å². The summed E-state index contributed by atoms with van der Waals surface area (Å²) >= 11 is 0. The Balaban J connectivity index is 1.79. The van der Waals surface area contributed by atoms with Gasteiger partial charge in [-0.1, -0.05) is 42.5 Å². The highest BCUT2D eigenvalue weighted by molar-refractivity contribution is 6.15. The molecule has 5 rings (SSSR count). The van der Waals surface area contributed by atoms with Gasteiger partial charge in [-0.15, -0.1) is 0 Å². The second kappa shape index (κ2) is 3.98. The standard InChI is InChI=1S/C19H10O4/c20-17-14-10-9-11-5-1-2-6-12(11)16(14)22-19(17)15-8-4-3-7-13(15)18(21)23-19/h1-10H. The second-order valence-electron chi connectivity index (χ2n) is 5.65. The third kappa shape index (κ3) is 1.40. The third-order valence-corrected chi connectivity index (χ3v) is 4.41. The molecule has 3 aromatic rings. The van der Waals surface area contributed by atoms with Crippen molar-refractivity contribution >= 4 is 22.5 Å². The minimum absolute atomic E-state index is 0.337. The van der Waals surface area contributed by atoms with Gasteiger partial charge < -0.3 is 9.47 Å². The lowest BCUT2D eigenvalue weighted by molar-refractivity contribution is -0.0972. The number of carbonyl (C=O) groups is 2. The first-order chi connectivity index (χ1) is 11.2. The van der Waals surface area contributed by atoms with Crippen LogP contribution in [0.4, 0.5) is 0 Å². The monoisotopic (exact) mass is 302 g/mol. The zero-order valence-electron chi connectivity index (χ0n) is 11.9. The van der Waals surface area contributed by atoms with Crippen LogP contribution in [0.5, 0.6) is 5.75 Å². The molecule has 0 aromatic heterocycles. The Hall–Kier alpha value is -3.14. The molecule has 1 spiro atoms. The van der Waals surface area contributed by atoms with Crippen molar-refractivity contribution < 1.29 is 19.1 Å². The summed E-state index contributed by atoms with van der Waals surface area (Å²) in [5.41, 5.74) is 1.28. The van der Waals surface area contributed by atoms with Crippen LogP contribution < -0.4 is 4.74 Å². The predicted molar refractivity (Wildman–Crippen MR) is 82.4 cm³/mol. The van der Waals surface area contributed by atoms with Crippen molar-refractivity contribution in [1.82, 2.24) is 0 Å². The van der Waals surface area contributed by atoms with E-state index in [1.54, 1.807) is 30.3 Å². The number of fused-ring (bicyclic) bond motifs is 5. The van der Waals surface area contributed by atoms with Gasteiger partial charge in [0.15, 0.2) is 0 Å². The van der Waals surface area contributed by atoms with Crippen molar-refractivity contribution in [2.45, 2.75) is 5.79 Å². The highest BCUT2D eigenvalue weighted by Crippen LogP contribution is 2.49. The number of hydrogen-bond donors (Lipinski definition) is 0. The first-order valence-corrected chi connectivity index (χ1v) is 7.29. The maximum Gasteiger partial charge on any atom is 0.347 e. The topological polar surface area (TPSA) is 52.6 Å². The average molecular weight is 302 g/mol. The molecule has 0 fully saturated rings. The van der Waals surface area contributed by atoms with E-state index in [1.165, 1.54) is 0 Å². The fraction of sp³-hybridized carbons (Fsp3) is 0.0526. The van der Waals surface area contributed by atoms with Crippen LogP contribution in [0.2, 0.25) is 0 Å². The molecule has 0 saturated heterocycles. The van der Waals surface area contributed by atoms with E-state index in [1.807, 2.05) is 30.3 Å². The molecule has 4 heteroatoms. The second-order valence-corrected chi connectivity index (χ2v) is 5.65. The highest BCUT2D eigenvalue weighted by Gasteiger charge is 2.59. The average Bonchev–Trinajstić information content (AvgIpc) is 3.04. The van der Waals surface area contributed by atoms with E-state index in [0.29, 0.717) is 22.4 Å². The fourth-order valence-electron chi connectivity index (χ4n) is 3.33. The SMILES string of the molecule is O=C1OC2(Oc3c(ccc4ccccc34)C2=O)c2ccccc21. The molecule has 110 valence electrons. The molecule has 2 heterocycles. The van der Waals surface area contributed by atoms with Gasteiger partial charge in [0, 0.05) is 5.39 Å². The molecule has 0 bridgehead atoms. The van der Waals surface area contributed by atoms with Gasteiger partial charge in [0.2, 0.25) is 0 Å². The van der Waals surface area contributed by atoms with Crippen molar-refractivity contribution in [1.29, 1.82) is 0 Å². The fourth-order valence-corrected chi connectivity index (χ4v) is 3.33. The number of hydrogen-bond acceptors (Lipinski definition) is 4. The number of ether oxygens (including phenoxy) is 2. The van der Waals surface area contributed by atoms with Crippen molar-refractivity contribution in [3.05, 3.63) is 77.4 Å². The van der Waals surface area contributed by atoms with Crippen LogP contribution in [0.1, 0.15) is 26.3 Å². The van der Waals surface area contributed by atoms with Crippen molar-refractivity contribution in [3.8, 4) is 5.75 Å². The lowest BCUT2D eigenvalue weighted by Crippen LogP contribution is -2.37. The van der Waals surface area contributed by atoms with Crippen LogP contribution in [0.15, 0.2) is 60.7 Å². The molecule has 3 aromatic carbocycles. The van der Waals surface area contributed by atoms with Gasteiger partial charge in [0.05, 0.1) is 16.7 Å². The van der Waals surface area contributed by atoms with Gasteiger partial charge in [-0.2, -0.15) is 0 Å². The zero-order valence-corrected chi connectivity index (χ0v) is 11.9. The van der Waals surface area contributed by atoms with Gasteiger partial charge in [0.1, 0.15) is 5.75 Å². The van der Waals surface area contributed by atoms with Crippen LogP contribution in [-0.2, 0) is 10.5 Å². The highest BCUT2D eigenvalue weighted by atomic mass is 16.7. The number of benzene rings is 3. The maximum absolute atomic E-state index is 13.0. The lowest BCUT2D eigenvalue weighted by Gasteiger charge is -2.21. The Morgan fingerprint density at radius 3 is 2.43 bits per heavy atom. The molecule has 0 amide bonds. The van der Waals surface area contributed by atoms with E-state index in [9.17, 15) is 9.59 Å². The van der Waals surface area contributed by atoms with Crippen LogP contribution in [0.25, 0.3) is 10.8 Å². The molecule has 1 unspecified atom stereocenters. The summed E-state index contributed by atoms with van der Waals surface area (Å²) in [7, 11) is 0. The number of esters is 1. The Bertz CT molecular complexity index is 1020. The molecular weight excluding hydrogens is 292 g/mol. The Morgan fingerprint density at radius 2 is 1.52 bits per heavy atom. The third-order valence-electron chi connectivity index (χ3n) is 4.41. The zero-order chi connectivity index (χ0) is 15.6. The minimum Gasteiger partial charge on any atom is -0.440 e. The summed E-state index contributed by atoms with van der Waals surface area (Å²) in [6.07, 6.45) is 0. The summed E-state index contributed by atoms with van der Waals surface area (Å²) in [5.74, 6) is -2.08. The van der Waals surface area contributed by atoms with E-state index in [0.717, 1.165) is 10.8 Å². The largest absolute Gasteiger partial charge is 0.440 e. The van der Waals surface area contributed by atoms with E-state index in [-0.39, 0.29) is 5.78 Å². The van der Waals surface area contributed by atoms with Crippen LogP contribution in [-0.4, -0.2) is 11.8 Å². The number of ketones is 1. The van der Waals surface area contributed by atoms with Gasteiger partial charge in [-0.05, 0) is 23.6 Å². The Labute approximate surface area is 131 Å². The molecule has 2 aliphatic rings. The van der Waals surface area contributed by atoms with Crippen LogP contribution in [0.3, 0.4) is 0 Å². The van der Waals surface area contributed by atoms with Gasteiger partial charge >= 0.3 is 11.8 Å². The maximum atomic E-state index is 13.0. The summed E-state index contributed by atoms with van der Waals surface area (Å²) in [6.45, 7) is 0. The summed E-state index contributed by atoms with van der Waals surface area (Å²) < 4.78 is 11.4. The molecule has 0 radical (unpaired) electrons. The molecule has 0 N–H and O–H groups in total. The van der Waals surface area contributed by atoms with Crippen molar-refractivity contribution in [2.24, 2.45) is 0 Å². The minimum atomic E-state index is -1.68. The smallest absolute Gasteiger partial charge is 0.347 e. The molecular formula is C19H10O4. The molecule has 0 saturated carbocycles. The van der Waals surface area contributed by atoms with E-state index in [2.05, 4.69) is 0 Å². The molecule has 0 aliphatic carbocycles. The van der Waals surface area contributed by atoms with Gasteiger partial charge in [-0.3, -0.25) is 4.79 Å². The summed E-state index contributed by atoms with van der Waals surface area (Å²) in [5, 5.41) is 1.80. The quantitative estimate of drug-likeness (QED) is 0.597. The van der Waals surface area contributed by atoms with Gasteiger partial charge in [0.25, 0.3) is 5.78 Å². The van der Waals surface area contributed by atoms with Crippen molar-refractivity contribution in [2.75, 3.05) is 0 Å². The van der Waals surface area contributed by atoms with Crippen LogP contribution in [0, 0.1) is 0 Å². The molecule has 2 aliphatic heterocycles. The normalized spacial score (nSPS) is 21.2. The number of rotatable bonds is 0. The Morgan fingerprint density at radius 1 is 0.739 bits per heavy atom. The first kappa shape index (κ1) is 12.4. The number of Topliss-reactive ketones (excluding diaryl/α,β-unsaturated/α-hetero) is 1. The Kier molecular flexibility index (Phi) is 2.15.